The van der Waals surface area contributed by atoms with E-state index < -0.39 is 0 Å². The highest BCUT2D eigenvalue weighted by Gasteiger charge is 2.04. The Balaban J connectivity index is 1.80. The second-order valence-corrected chi connectivity index (χ2v) is 3.99. The fraction of sp³-hybridized carbons (Fsp3) is 0.455. The van der Waals surface area contributed by atoms with Crippen LogP contribution in [0.15, 0.2) is 31.0 Å². The van der Waals surface area contributed by atoms with Crippen LogP contribution < -0.4 is 5.32 Å². The van der Waals surface area contributed by atoms with Crippen LogP contribution in [0, 0.1) is 0 Å². The number of aryl methyl sites for hydroxylation is 1. The van der Waals surface area contributed by atoms with Crippen molar-refractivity contribution in [2.75, 3.05) is 0 Å². The minimum Gasteiger partial charge on any atom is -0.336 e. The molecule has 1 unspecified atom stereocenters. The Labute approximate surface area is 95.1 Å². The smallest absolute Gasteiger partial charge is 0.0946 e. The molecule has 1 N–H and O–H groups in total. The molecule has 0 amide bonds. The first kappa shape index (κ1) is 10.9. The van der Waals surface area contributed by atoms with Crippen LogP contribution in [0.25, 0.3) is 0 Å². The van der Waals surface area contributed by atoms with Crippen LogP contribution in [0.3, 0.4) is 0 Å². The molecule has 2 heterocycles. The van der Waals surface area contributed by atoms with Crippen LogP contribution in [0.5, 0.6) is 0 Å². The Morgan fingerprint density at radius 3 is 2.94 bits per heavy atom. The molecular formula is C11H17N5. The fourth-order valence-electron chi connectivity index (χ4n) is 1.63. The molecule has 2 aromatic heterocycles. The largest absolute Gasteiger partial charge is 0.336 e. The highest BCUT2D eigenvalue weighted by molar-refractivity contribution is 4.99. The second kappa shape index (κ2) is 4.94. The number of nitrogens with one attached hydrogen (secondary N) is 1. The molecule has 16 heavy (non-hydrogen) atoms. The number of aromatic nitrogens is 4. The van der Waals surface area contributed by atoms with E-state index >= 15 is 0 Å². The molecular weight excluding hydrogens is 202 g/mol. The summed E-state index contributed by atoms with van der Waals surface area (Å²) < 4.78 is 3.96. The molecule has 1 atom stereocenters. The molecule has 0 saturated heterocycles. The van der Waals surface area contributed by atoms with Crippen molar-refractivity contribution in [2.45, 2.75) is 26.1 Å². The van der Waals surface area contributed by atoms with E-state index in [1.54, 1.807) is 6.20 Å². The first-order valence-corrected chi connectivity index (χ1v) is 5.41. The number of nitrogens with zero attached hydrogens (tertiary/aromatic N) is 4. The summed E-state index contributed by atoms with van der Waals surface area (Å²) in [6, 6.07) is 2.43. The van der Waals surface area contributed by atoms with Crippen molar-refractivity contribution in [1.29, 1.82) is 0 Å². The van der Waals surface area contributed by atoms with E-state index in [1.165, 1.54) is 5.69 Å². The molecule has 5 nitrogen and oxygen atoms in total. The van der Waals surface area contributed by atoms with Crippen LogP contribution >= 0.6 is 0 Å². The van der Waals surface area contributed by atoms with E-state index in [9.17, 15) is 0 Å². The average Bonchev–Trinajstić information content (AvgIpc) is 2.87. The van der Waals surface area contributed by atoms with E-state index in [2.05, 4.69) is 26.9 Å². The summed E-state index contributed by atoms with van der Waals surface area (Å²) in [7, 11) is 1.96. The van der Waals surface area contributed by atoms with Gasteiger partial charge in [-0.05, 0) is 13.0 Å². The Morgan fingerprint density at radius 1 is 1.44 bits per heavy atom. The third kappa shape index (κ3) is 2.70. The molecule has 0 radical (unpaired) electrons. The minimum atomic E-state index is 0.407. The molecule has 0 fully saturated rings. The Kier molecular flexibility index (Phi) is 3.36. The highest BCUT2D eigenvalue weighted by Crippen LogP contribution is 1.97. The summed E-state index contributed by atoms with van der Waals surface area (Å²) in [6.07, 6.45) is 7.43. The van der Waals surface area contributed by atoms with Gasteiger partial charge in [-0.3, -0.25) is 4.68 Å². The third-order valence-corrected chi connectivity index (χ3v) is 2.60. The molecule has 0 saturated carbocycles. The van der Waals surface area contributed by atoms with Gasteiger partial charge in [-0.2, -0.15) is 5.10 Å². The van der Waals surface area contributed by atoms with Crippen molar-refractivity contribution in [3.63, 3.8) is 0 Å². The number of hydrogen-bond acceptors (Lipinski definition) is 3. The standard InChI is InChI=1S/C11H17N5/c1-10(8-16-6-5-12-9-16)13-7-11-3-4-14-15(11)2/h3-6,9-10,13H,7-8H2,1-2H3. The van der Waals surface area contributed by atoms with Crippen molar-refractivity contribution < 1.29 is 0 Å². The Hall–Kier alpha value is -1.62. The maximum Gasteiger partial charge on any atom is 0.0946 e. The molecule has 0 spiro atoms. The normalized spacial score (nSPS) is 12.9. The Bertz CT molecular complexity index is 417. The van der Waals surface area contributed by atoms with Gasteiger partial charge in [0.2, 0.25) is 0 Å². The maximum atomic E-state index is 4.13. The summed E-state index contributed by atoms with van der Waals surface area (Å²) >= 11 is 0. The van der Waals surface area contributed by atoms with E-state index in [0.29, 0.717) is 6.04 Å². The van der Waals surface area contributed by atoms with Crippen molar-refractivity contribution in [1.82, 2.24) is 24.6 Å². The highest BCUT2D eigenvalue weighted by atomic mass is 15.3. The maximum absolute atomic E-state index is 4.13. The van der Waals surface area contributed by atoms with Gasteiger partial charge in [-0.25, -0.2) is 4.98 Å². The lowest BCUT2D eigenvalue weighted by molar-refractivity contribution is 0.466. The zero-order chi connectivity index (χ0) is 11.4. The molecule has 0 aromatic carbocycles. The van der Waals surface area contributed by atoms with E-state index in [0.717, 1.165) is 13.1 Å². The van der Waals surface area contributed by atoms with Crippen LogP contribution in [0.1, 0.15) is 12.6 Å². The first-order chi connectivity index (χ1) is 7.75. The molecule has 86 valence electrons. The Morgan fingerprint density at radius 2 is 2.31 bits per heavy atom. The predicted molar refractivity (Wildman–Crippen MR) is 61.7 cm³/mol. The van der Waals surface area contributed by atoms with Crippen molar-refractivity contribution in [2.24, 2.45) is 7.05 Å². The minimum absolute atomic E-state index is 0.407. The summed E-state index contributed by atoms with van der Waals surface area (Å²) in [5, 5.41) is 7.59. The van der Waals surface area contributed by atoms with Gasteiger partial charge in [-0.1, -0.05) is 0 Å². The monoisotopic (exact) mass is 219 g/mol. The lowest BCUT2D eigenvalue weighted by Gasteiger charge is -2.14. The van der Waals surface area contributed by atoms with Gasteiger partial charge >= 0.3 is 0 Å². The van der Waals surface area contributed by atoms with E-state index in [-0.39, 0.29) is 0 Å². The molecule has 2 rings (SSSR count). The molecule has 0 bridgehead atoms. The number of hydrogen-bond donors (Lipinski definition) is 1. The summed E-state index contributed by atoms with van der Waals surface area (Å²) in [4.78, 5) is 4.02. The molecule has 0 aliphatic heterocycles. The third-order valence-electron chi connectivity index (χ3n) is 2.60. The zero-order valence-electron chi connectivity index (χ0n) is 9.67. The molecule has 0 aliphatic rings. The van der Waals surface area contributed by atoms with Gasteiger partial charge in [-0.15, -0.1) is 0 Å². The van der Waals surface area contributed by atoms with Gasteiger partial charge in [0.05, 0.1) is 12.0 Å². The summed E-state index contributed by atoms with van der Waals surface area (Å²) in [6.45, 7) is 3.93. The van der Waals surface area contributed by atoms with Crippen LogP contribution in [-0.4, -0.2) is 25.4 Å². The summed E-state index contributed by atoms with van der Waals surface area (Å²) in [5.74, 6) is 0. The van der Waals surface area contributed by atoms with Crippen LogP contribution in [0.4, 0.5) is 0 Å². The fourth-order valence-corrected chi connectivity index (χ4v) is 1.63. The van der Waals surface area contributed by atoms with Gasteiger partial charge < -0.3 is 9.88 Å². The number of rotatable bonds is 5. The molecule has 2 aromatic rings. The predicted octanol–water partition coefficient (Wildman–Crippen LogP) is 0.795. The quantitative estimate of drug-likeness (QED) is 0.809. The van der Waals surface area contributed by atoms with Crippen molar-refractivity contribution >= 4 is 0 Å². The topological polar surface area (TPSA) is 47.7 Å². The van der Waals surface area contributed by atoms with E-state index in [4.69, 9.17) is 0 Å². The average molecular weight is 219 g/mol. The van der Waals surface area contributed by atoms with E-state index in [1.807, 2.05) is 36.5 Å². The molecule has 5 heteroatoms. The van der Waals surface area contributed by atoms with Gasteiger partial charge in [0.1, 0.15) is 0 Å². The summed E-state index contributed by atoms with van der Waals surface area (Å²) in [5.41, 5.74) is 1.19. The van der Waals surface area contributed by atoms with Crippen molar-refractivity contribution in [3.8, 4) is 0 Å². The lowest BCUT2D eigenvalue weighted by Crippen LogP contribution is -2.30. The van der Waals surface area contributed by atoms with Crippen LogP contribution in [0.2, 0.25) is 0 Å². The van der Waals surface area contributed by atoms with Crippen molar-refractivity contribution in [3.05, 3.63) is 36.7 Å². The van der Waals surface area contributed by atoms with Gasteiger partial charge in [0.15, 0.2) is 0 Å². The van der Waals surface area contributed by atoms with Gasteiger partial charge in [0.25, 0.3) is 0 Å². The lowest BCUT2D eigenvalue weighted by atomic mass is 10.3. The second-order valence-electron chi connectivity index (χ2n) is 3.99. The molecule has 0 aliphatic carbocycles. The first-order valence-electron chi connectivity index (χ1n) is 5.41. The zero-order valence-corrected chi connectivity index (χ0v) is 9.67. The van der Waals surface area contributed by atoms with Gasteiger partial charge in [0, 0.05) is 44.8 Å². The van der Waals surface area contributed by atoms with Crippen LogP contribution in [-0.2, 0) is 20.1 Å². The number of imidazole rings is 1. The SMILES string of the molecule is CC(Cn1ccnc1)NCc1ccnn1C.